The van der Waals surface area contributed by atoms with Gasteiger partial charge >= 0.3 is 0 Å². The van der Waals surface area contributed by atoms with Crippen LogP contribution in [0.1, 0.15) is 24.5 Å². The summed E-state index contributed by atoms with van der Waals surface area (Å²) >= 11 is 0. The van der Waals surface area contributed by atoms with E-state index in [4.69, 9.17) is 0 Å². The fourth-order valence-electron chi connectivity index (χ4n) is 3.97. The van der Waals surface area contributed by atoms with Gasteiger partial charge in [0.2, 0.25) is 11.8 Å². The number of carbonyl (C=O) groups excluding carboxylic acids is 2. The molecule has 0 atom stereocenters. The number of benzene rings is 2. The first kappa shape index (κ1) is 18.7. The molecule has 0 N–H and O–H groups in total. The highest BCUT2D eigenvalue weighted by Crippen LogP contribution is 2.31. The first-order chi connectivity index (χ1) is 13.4. The van der Waals surface area contributed by atoms with Crippen LogP contribution in [0.2, 0.25) is 0 Å². The zero-order valence-electron chi connectivity index (χ0n) is 15.7. The number of anilines is 2. The lowest BCUT2D eigenvalue weighted by Crippen LogP contribution is -2.30. The molecule has 2 heterocycles. The SMILES string of the molecule is CC(=O)N1CCc2cc(S(=O)(=O)CCC(=O)N3CCc4ccccc43)ccc21. The quantitative estimate of drug-likeness (QED) is 0.792. The number of rotatable bonds is 4. The standard InChI is InChI=1S/C21H22N2O4S/c1-15(24)22-11-9-17-14-18(6-7-20(17)22)28(26,27)13-10-21(25)23-12-8-16-4-2-3-5-19(16)23/h2-7,14H,8-13H2,1H3. The first-order valence-electron chi connectivity index (χ1n) is 9.39. The molecule has 146 valence electrons. The van der Waals surface area contributed by atoms with Gasteiger partial charge < -0.3 is 9.80 Å². The molecule has 0 saturated heterocycles. The van der Waals surface area contributed by atoms with E-state index in [0.29, 0.717) is 19.5 Å². The van der Waals surface area contributed by atoms with Gasteiger partial charge in [0, 0.05) is 37.8 Å². The number of amides is 2. The van der Waals surface area contributed by atoms with E-state index in [1.54, 1.807) is 21.9 Å². The van der Waals surface area contributed by atoms with Gasteiger partial charge in [-0.25, -0.2) is 8.42 Å². The second kappa shape index (κ2) is 7.05. The van der Waals surface area contributed by atoms with Crippen LogP contribution in [0.4, 0.5) is 11.4 Å². The molecule has 2 amide bonds. The van der Waals surface area contributed by atoms with Crippen molar-refractivity contribution in [3.63, 3.8) is 0 Å². The predicted molar refractivity (Wildman–Crippen MR) is 107 cm³/mol. The number of sulfone groups is 1. The van der Waals surface area contributed by atoms with Gasteiger partial charge in [-0.3, -0.25) is 9.59 Å². The third-order valence-electron chi connectivity index (χ3n) is 5.46. The number of carbonyl (C=O) groups is 2. The molecule has 0 bridgehead atoms. The summed E-state index contributed by atoms with van der Waals surface area (Å²) in [6.07, 6.45) is 1.39. The molecule has 0 radical (unpaired) electrons. The Morgan fingerprint density at radius 2 is 1.61 bits per heavy atom. The van der Waals surface area contributed by atoms with Gasteiger partial charge in [0.25, 0.3) is 0 Å². The molecule has 0 saturated carbocycles. The molecule has 2 aromatic carbocycles. The fourth-order valence-corrected chi connectivity index (χ4v) is 5.25. The Hall–Kier alpha value is -2.67. The highest BCUT2D eigenvalue weighted by atomic mass is 32.2. The van der Waals surface area contributed by atoms with Gasteiger partial charge in [0.05, 0.1) is 10.6 Å². The summed E-state index contributed by atoms with van der Waals surface area (Å²) in [5, 5.41) is 0. The molecule has 4 rings (SSSR count). The average Bonchev–Trinajstić information content (AvgIpc) is 3.30. The maximum Gasteiger partial charge on any atom is 0.228 e. The molecule has 0 fully saturated rings. The maximum atomic E-state index is 12.8. The van der Waals surface area contributed by atoms with E-state index >= 15 is 0 Å². The summed E-state index contributed by atoms with van der Waals surface area (Å²) in [5.74, 6) is -0.442. The van der Waals surface area contributed by atoms with E-state index in [1.165, 1.54) is 13.0 Å². The Kier molecular flexibility index (Phi) is 4.71. The van der Waals surface area contributed by atoms with Crippen molar-refractivity contribution in [3.8, 4) is 0 Å². The summed E-state index contributed by atoms with van der Waals surface area (Å²) in [7, 11) is -3.57. The molecule has 0 unspecified atom stereocenters. The lowest BCUT2D eigenvalue weighted by atomic mass is 10.2. The van der Waals surface area contributed by atoms with Crippen molar-refractivity contribution in [2.45, 2.75) is 31.1 Å². The Balaban J connectivity index is 1.47. The number of para-hydroxylation sites is 1. The van der Waals surface area contributed by atoms with Gasteiger partial charge in [-0.1, -0.05) is 18.2 Å². The van der Waals surface area contributed by atoms with Gasteiger partial charge in [-0.2, -0.15) is 0 Å². The van der Waals surface area contributed by atoms with Crippen LogP contribution in [0.5, 0.6) is 0 Å². The van der Waals surface area contributed by atoms with E-state index in [-0.39, 0.29) is 28.9 Å². The van der Waals surface area contributed by atoms with Gasteiger partial charge in [-0.05, 0) is 48.2 Å². The average molecular weight is 398 g/mol. The minimum atomic E-state index is -3.57. The molecule has 0 aromatic heterocycles. The predicted octanol–water partition coefficient (Wildman–Crippen LogP) is 2.35. The topological polar surface area (TPSA) is 74.8 Å². The molecular formula is C21H22N2O4S. The van der Waals surface area contributed by atoms with Crippen molar-refractivity contribution in [1.82, 2.24) is 0 Å². The fraction of sp³-hybridized carbons (Fsp3) is 0.333. The smallest absolute Gasteiger partial charge is 0.228 e. The zero-order valence-corrected chi connectivity index (χ0v) is 16.5. The van der Waals surface area contributed by atoms with Crippen molar-refractivity contribution < 1.29 is 18.0 Å². The Morgan fingerprint density at radius 1 is 0.929 bits per heavy atom. The largest absolute Gasteiger partial charge is 0.312 e. The third-order valence-corrected chi connectivity index (χ3v) is 7.17. The third kappa shape index (κ3) is 3.30. The van der Waals surface area contributed by atoms with Crippen LogP contribution in [-0.4, -0.2) is 39.1 Å². The first-order valence-corrected chi connectivity index (χ1v) is 11.0. The molecule has 2 aliphatic heterocycles. The summed E-state index contributed by atoms with van der Waals surface area (Å²) in [6.45, 7) is 2.67. The summed E-state index contributed by atoms with van der Waals surface area (Å²) in [4.78, 5) is 27.8. The lowest BCUT2D eigenvalue weighted by molar-refractivity contribution is -0.118. The Bertz CT molecular complexity index is 1060. The number of fused-ring (bicyclic) bond motifs is 2. The maximum absolute atomic E-state index is 12.8. The van der Waals surface area contributed by atoms with Gasteiger partial charge in [0.1, 0.15) is 0 Å². The Labute approximate surface area is 164 Å². The van der Waals surface area contributed by atoms with Crippen molar-refractivity contribution in [2.75, 3.05) is 28.6 Å². The molecule has 6 nitrogen and oxygen atoms in total. The molecule has 28 heavy (non-hydrogen) atoms. The second-order valence-corrected chi connectivity index (χ2v) is 9.31. The van der Waals surface area contributed by atoms with Crippen LogP contribution < -0.4 is 9.80 Å². The number of hydrogen-bond donors (Lipinski definition) is 0. The van der Waals surface area contributed by atoms with Crippen LogP contribution in [0.15, 0.2) is 47.4 Å². The minimum Gasteiger partial charge on any atom is -0.312 e. The number of nitrogens with zero attached hydrogens (tertiary/aromatic N) is 2. The van der Waals surface area contributed by atoms with E-state index in [9.17, 15) is 18.0 Å². The van der Waals surface area contributed by atoms with Crippen LogP contribution >= 0.6 is 0 Å². The molecule has 0 aliphatic carbocycles. The monoisotopic (exact) mass is 398 g/mol. The normalized spacial score (nSPS) is 15.5. The molecule has 2 aliphatic rings. The molecule has 7 heteroatoms. The summed E-state index contributed by atoms with van der Waals surface area (Å²) in [5.41, 5.74) is 3.63. The van der Waals surface area contributed by atoms with Crippen LogP contribution in [0, 0.1) is 0 Å². The minimum absolute atomic E-state index is 0.0483. The van der Waals surface area contributed by atoms with Gasteiger partial charge in [0.15, 0.2) is 9.84 Å². The Morgan fingerprint density at radius 3 is 2.39 bits per heavy atom. The van der Waals surface area contributed by atoms with Crippen LogP contribution in [-0.2, 0) is 32.3 Å². The second-order valence-electron chi connectivity index (χ2n) is 7.20. The molecule has 2 aromatic rings. The molecular weight excluding hydrogens is 376 g/mol. The highest BCUT2D eigenvalue weighted by molar-refractivity contribution is 7.91. The van der Waals surface area contributed by atoms with Crippen molar-refractivity contribution in [1.29, 1.82) is 0 Å². The highest BCUT2D eigenvalue weighted by Gasteiger charge is 2.27. The van der Waals surface area contributed by atoms with Crippen molar-refractivity contribution >= 4 is 33.0 Å². The van der Waals surface area contributed by atoms with Crippen molar-refractivity contribution in [2.24, 2.45) is 0 Å². The van der Waals surface area contributed by atoms with E-state index in [1.807, 2.05) is 24.3 Å². The van der Waals surface area contributed by atoms with E-state index < -0.39 is 9.84 Å². The number of hydrogen-bond acceptors (Lipinski definition) is 4. The zero-order chi connectivity index (χ0) is 19.9. The molecule has 0 spiro atoms. The van der Waals surface area contributed by atoms with Gasteiger partial charge in [-0.15, -0.1) is 0 Å². The van der Waals surface area contributed by atoms with E-state index in [0.717, 1.165) is 28.9 Å². The lowest BCUT2D eigenvalue weighted by Gasteiger charge is -2.17. The summed E-state index contributed by atoms with van der Waals surface area (Å²) in [6, 6.07) is 12.6. The van der Waals surface area contributed by atoms with Crippen LogP contribution in [0.3, 0.4) is 0 Å². The van der Waals surface area contributed by atoms with Crippen molar-refractivity contribution in [3.05, 3.63) is 53.6 Å². The van der Waals surface area contributed by atoms with E-state index in [2.05, 4.69) is 0 Å². The summed E-state index contributed by atoms with van der Waals surface area (Å²) < 4.78 is 25.5. The van der Waals surface area contributed by atoms with Crippen LogP contribution in [0.25, 0.3) is 0 Å².